The number of nitrogens with zero attached hydrogens (tertiary/aromatic N) is 3. The minimum atomic E-state index is -0.521. The number of carbonyl (C=O) groups excluding carboxylic acids is 1. The van der Waals surface area contributed by atoms with Gasteiger partial charge in [-0.15, -0.1) is 0 Å². The average Bonchev–Trinajstić information content (AvgIpc) is 2.80. The average molecular weight is 431 g/mol. The summed E-state index contributed by atoms with van der Waals surface area (Å²) in [5.74, 6) is -0.350. The lowest BCUT2D eigenvalue weighted by atomic mass is 10.1. The number of non-ortho nitro benzene ring substituents is 1. The lowest BCUT2D eigenvalue weighted by Gasteiger charge is -2.10. The van der Waals surface area contributed by atoms with Gasteiger partial charge in [-0.2, -0.15) is 0 Å². The molecule has 4 aromatic rings. The van der Waals surface area contributed by atoms with Gasteiger partial charge in [0.2, 0.25) is 5.95 Å². The summed E-state index contributed by atoms with van der Waals surface area (Å²) in [5, 5.41) is 14.1. The molecule has 1 heterocycles. The zero-order valence-electron chi connectivity index (χ0n) is 16.0. The van der Waals surface area contributed by atoms with Crippen LogP contribution in [0.5, 0.6) is 0 Å². The zero-order chi connectivity index (χ0) is 21.8. The van der Waals surface area contributed by atoms with Crippen LogP contribution in [0, 0.1) is 10.1 Å². The van der Waals surface area contributed by atoms with Crippen molar-refractivity contribution in [3.8, 4) is 22.5 Å². The molecule has 8 heteroatoms. The number of rotatable bonds is 5. The molecule has 0 saturated heterocycles. The highest BCUT2D eigenvalue weighted by atomic mass is 35.5. The summed E-state index contributed by atoms with van der Waals surface area (Å²) in [5.41, 5.74) is 3.10. The molecule has 0 aliphatic carbocycles. The molecule has 7 nitrogen and oxygen atoms in total. The maximum Gasteiger partial charge on any atom is 0.269 e. The Morgan fingerprint density at radius 2 is 1.42 bits per heavy atom. The molecule has 152 valence electrons. The van der Waals surface area contributed by atoms with Crippen LogP contribution in [-0.2, 0) is 0 Å². The maximum absolute atomic E-state index is 12.7. The Labute approximate surface area is 182 Å². The summed E-state index contributed by atoms with van der Waals surface area (Å²) >= 11 is 5.99. The fourth-order valence-corrected chi connectivity index (χ4v) is 3.06. The van der Waals surface area contributed by atoms with E-state index in [0.717, 1.165) is 11.1 Å². The third kappa shape index (κ3) is 4.73. The minimum absolute atomic E-state index is 0.0936. The van der Waals surface area contributed by atoms with Crippen molar-refractivity contribution in [2.24, 2.45) is 0 Å². The lowest BCUT2D eigenvalue weighted by Crippen LogP contribution is -2.14. The Hall–Kier alpha value is -4.10. The smallest absolute Gasteiger partial charge is 0.269 e. The van der Waals surface area contributed by atoms with E-state index in [2.05, 4.69) is 15.3 Å². The van der Waals surface area contributed by atoms with Crippen molar-refractivity contribution in [2.75, 3.05) is 5.32 Å². The lowest BCUT2D eigenvalue weighted by molar-refractivity contribution is -0.384. The van der Waals surface area contributed by atoms with Crippen LogP contribution in [-0.4, -0.2) is 20.8 Å². The van der Waals surface area contributed by atoms with Crippen LogP contribution in [0.3, 0.4) is 0 Å². The van der Waals surface area contributed by atoms with Crippen LogP contribution >= 0.6 is 11.6 Å². The number of carbonyl (C=O) groups is 1. The predicted molar refractivity (Wildman–Crippen MR) is 119 cm³/mol. The topological polar surface area (TPSA) is 98.0 Å². The molecule has 1 N–H and O–H groups in total. The van der Waals surface area contributed by atoms with E-state index in [1.165, 1.54) is 24.3 Å². The van der Waals surface area contributed by atoms with Crippen LogP contribution in [0.25, 0.3) is 22.5 Å². The van der Waals surface area contributed by atoms with Crippen LogP contribution in [0.4, 0.5) is 11.6 Å². The number of aromatic nitrogens is 2. The van der Waals surface area contributed by atoms with Crippen LogP contribution in [0.15, 0.2) is 84.9 Å². The summed E-state index contributed by atoms with van der Waals surface area (Å²) in [4.78, 5) is 31.9. The highest BCUT2D eigenvalue weighted by Gasteiger charge is 2.14. The molecule has 0 aliphatic heterocycles. The first kappa shape index (κ1) is 20.2. The molecule has 1 aromatic heterocycles. The first-order valence-corrected chi connectivity index (χ1v) is 9.64. The van der Waals surface area contributed by atoms with Crippen LogP contribution < -0.4 is 5.32 Å². The van der Waals surface area contributed by atoms with Crippen molar-refractivity contribution in [2.45, 2.75) is 0 Å². The largest absolute Gasteiger partial charge is 0.290 e. The molecule has 0 saturated carbocycles. The second-order valence-corrected chi connectivity index (χ2v) is 7.03. The molecule has 0 aliphatic rings. The van der Waals surface area contributed by atoms with Crippen LogP contribution in [0.2, 0.25) is 5.02 Å². The molecule has 0 atom stereocenters. The van der Waals surface area contributed by atoms with Gasteiger partial charge < -0.3 is 0 Å². The van der Waals surface area contributed by atoms with E-state index < -0.39 is 10.8 Å². The molecule has 0 radical (unpaired) electrons. The van der Waals surface area contributed by atoms with Gasteiger partial charge in [0.05, 0.1) is 16.3 Å². The van der Waals surface area contributed by atoms with Crippen molar-refractivity contribution in [1.29, 1.82) is 0 Å². The summed E-state index contributed by atoms with van der Waals surface area (Å²) in [7, 11) is 0. The van der Waals surface area contributed by atoms with Crippen molar-refractivity contribution in [3.63, 3.8) is 0 Å². The maximum atomic E-state index is 12.7. The zero-order valence-corrected chi connectivity index (χ0v) is 16.8. The number of benzene rings is 3. The Morgan fingerprint density at radius 1 is 0.839 bits per heavy atom. The van der Waals surface area contributed by atoms with Gasteiger partial charge in [-0.25, -0.2) is 9.97 Å². The second-order valence-electron chi connectivity index (χ2n) is 6.59. The van der Waals surface area contributed by atoms with E-state index >= 15 is 0 Å². The van der Waals surface area contributed by atoms with E-state index in [0.29, 0.717) is 16.4 Å². The number of nitro groups is 1. The first-order valence-electron chi connectivity index (χ1n) is 9.26. The van der Waals surface area contributed by atoms with Crippen molar-refractivity contribution in [1.82, 2.24) is 9.97 Å². The molecule has 0 bridgehead atoms. The van der Waals surface area contributed by atoms with E-state index in [4.69, 9.17) is 11.6 Å². The van der Waals surface area contributed by atoms with Crippen LogP contribution in [0.1, 0.15) is 10.4 Å². The number of amides is 1. The molecule has 0 unspecified atom stereocenters. The number of nitro benzene ring substituents is 1. The van der Waals surface area contributed by atoms with E-state index in [-0.39, 0.29) is 17.2 Å². The van der Waals surface area contributed by atoms with Gasteiger partial charge in [0.1, 0.15) is 0 Å². The summed E-state index contributed by atoms with van der Waals surface area (Å²) in [6, 6.07) is 23.9. The van der Waals surface area contributed by atoms with Crippen molar-refractivity contribution < 1.29 is 9.72 Å². The van der Waals surface area contributed by atoms with E-state index in [1.54, 1.807) is 12.1 Å². The molecule has 4 rings (SSSR count). The number of anilines is 1. The molecule has 1 amide bonds. The number of nitrogens with one attached hydrogen (secondary N) is 1. The summed E-state index contributed by atoms with van der Waals surface area (Å²) in [6.07, 6.45) is 0. The number of hydrogen-bond donors (Lipinski definition) is 1. The van der Waals surface area contributed by atoms with Crippen molar-refractivity contribution >= 4 is 29.1 Å². The van der Waals surface area contributed by atoms with Gasteiger partial charge >= 0.3 is 0 Å². The SMILES string of the molecule is O=C(Nc1nc(-c2ccccc2)cc(-c2ccc(Cl)cc2)n1)c1ccc([N+](=O)[O-])cc1. The highest BCUT2D eigenvalue weighted by Crippen LogP contribution is 2.26. The molecule has 31 heavy (non-hydrogen) atoms. The Morgan fingerprint density at radius 3 is 2.00 bits per heavy atom. The molecular formula is C23H15ClN4O3. The molecular weight excluding hydrogens is 416 g/mol. The van der Waals surface area contributed by atoms with Gasteiger partial charge in [0, 0.05) is 33.8 Å². The minimum Gasteiger partial charge on any atom is -0.290 e. The highest BCUT2D eigenvalue weighted by molar-refractivity contribution is 6.30. The van der Waals surface area contributed by atoms with Gasteiger partial charge in [-0.1, -0.05) is 54.1 Å². The van der Waals surface area contributed by atoms with Gasteiger partial charge in [0.25, 0.3) is 11.6 Å². The fourth-order valence-electron chi connectivity index (χ4n) is 2.94. The Balaban J connectivity index is 1.70. The number of hydrogen-bond acceptors (Lipinski definition) is 5. The quantitative estimate of drug-likeness (QED) is 0.327. The molecule has 3 aromatic carbocycles. The number of halogens is 1. The van der Waals surface area contributed by atoms with E-state index in [1.807, 2.05) is 48.5 Å². The Kier molecular flexibility index (Phi) is 5.68. The predicted octanol–water partition coefficient (Wildman–Crippen LogP) is 5.62. The third-order valence-electron chi connectivity index (χ3n) is 4.50. The Bertz CT molecular complexity index is 1240. The van der Waals surface area contributed by atoms with Gasteiger partial charge in [0.15, 0.2) is 0 Å². The fraction of sp³-hybridized carbons (Fsp3) is 0. The second kappa shape index (κ2) is 8.73. The van der Waals surface area contributed by atoms with Gasteiger partial charge in [-0.3, -0.25) is 20.2 Å². The normalized spacial score (nSPS) is 10.5. The first-order chi connectivity index (χ1) is 15.0. The van der Waals surface area contributed by atoms with E-state index in [9.17, 15) is 14.9 Å². The van der Waals surface area contributed by atoms with Gasteiger partial charge in [-0.05, 0) is 30.3 Å². The monoisotopic (exact) mass is 430 g/mol. The summed E-state index contributed by atoms with van der Waals surface area (Å²) in [6.45, 7) is 0. The standard InChI is InChI=1S/C23H15ClN4O3/c24-18-10-6-16(7-11-18)21-14-20(15-4-2-1-3-5-15)25-23(26-21)27-22(29)17-8-12-19(13-9-17)28(30)31/h1-14H,(H,25,26,27,29). The third-order valence-corrected chi connectivity index (χ3v) is 4.75. The summed E-state index contributed by atoms with van der Waals surface area (Å²) < 4.78 is 0. The van der Waals surface area contributed by atoms with Crippen molar-refractivity contribution in [3.05, 3.63) is 106 Å². The molecule has 0 fully saturated rings. The molecule has 0 spiro atoms.